The zero-order chi connectivity index (χ0) is 11.4. The average molecular weight is 218 g/mol. The van der Waals surface area contributed by atoms with Crippen LogP contribution in [0.15, 0.2) is 24.3 Å². The van der Waals surface area contributed by atoms with Gasteiger partial charge >= 0.3 is 0 Å². The molecular formula is C14H22N2. The van der Waals surface area contributed by atoms with Gasteiger partial charge in [-0.05, 0) is 37.7 Å². The number of rotatable bonds is 6. The van der Waals surface area contributed by atoms with Crippen molar-refractivity contribution in [3.05, 3.63) is 35.4 Å². The van der Waals surface area contributed by atoms with E-state index in [0.717, 1.165) is 12.3 Å². The number of benzene rings is 1. The van der Waals surface area contributed by atoms with E-state index in [0.29, 0.717) is 6.04 Å². The lowest BCUT2D eigenvalue weighted by Crippen LogP contribution is -2.36. The summed E-state index contributed by atoms with van der Waals surface area (Å²) in [6, 6.07) is 9.18. The maximum atomic E-state index is 5.61. The van der Waals surface area contributed by atoms with Crippen LogP contribution in [-0.2, 0) is 6.42 Å². The summed E-state index contributed by atoms with van der Waals surface area (Å²) in [4.78, 5) is 0. The monoisotopic (exact) mass is 218 g/mol. The highest BCUT2D eigenvalue weighted by molar-refractivity contribution is 5.22. The molecule has 88 valence electrons. The Labute approximate surface area is 98.2 Å². The van der Waals surface area contributed by atoms with Crippen molar-refractivity contribution in [2.24, 2.45) is 11.8 Å². The van der Waals surface area contributed by atoms with E-state index < -0.39 is 0 Å². The fourth-order valence-corrected chi connectivity index (χ4v) is 2.10. The van der Waals surface area contributed by atoms with Gasteiger partial charge in [0, 0.05) is 6.04 Å². The van der Waals surface area contributed by atoms with E-state index in [-0.39, 0.29) is 0 Å². The molecule has 0 spiro atoms. The van der Waals surface area contributed by atoms with Gasteiger partial charge in [0.1, 0.15) is 0 Å². The maximum Gasteiger partial charge on any atom is 0.0251 e. The lowest BCUT2D eigenvalue weighted by molar-refractivity contribution is 0.462. The molecule has 3 N–H and O–H groups in total. The largest absolute Gasteiger partial charge is 0.271 e. The van der Waals surface area contributed by atoms with Gasteiger partial charge in [-0.3, -0.25) is 11.3 Å². The van der Waals surface area contributed by atoms with Crippen LogP contribution in [0.3, 0.4) is 0 Å². The van der Waals surface area contributed by atoms with Crippen molar-refractivity contribution in [2.75, 3.05) is 0 Å². The summed E-state index contributed by atoms with van der Waals surface area (Å²) in [5, 5.41) is 0. The fourth-order valence-electron chi connectivity index (χ4n) is 2.10. The Hall–Kier alpha value is -0.860. The minimum absolute atomic E-state index is 0.434. The van der Waals surface area contributed by atoms with Crippen LogP contribution in [-0.4, -0.2) is 6.04 Å². The van der Waals surface area contributed by atoms with Crippen LogP contribution < -0.4 is 11.3 Å². The van der Waals surface area contributed by atoms with Crippen molar-refractivity contribution in [3.8, 4) is 0 Å². The third kappa shape index (κ3) is 3.62. The van der Waals surface area contributed by atoms with Crippen LogP contribution in [0.5, 0.6) is 0 Å². The average Bonchev–Trinajstić information content (AvgIpc) is 3.11. The molecule has 1 aromatic rings. The third-order valence-corrected chi connectivity index (χ3v) is 3.46. The summed E-state index contributed by atoms with van der Waals surface area (Å²) in [5.74, 6) is 6.60. The fraction of sp³-hybridized carbons (Fsp3) is 0.571. The van der Waals surface area contributed by atoms with Crippen LogP contribution >= 0.6 is 0 Å². The highest BCUT2D eigenvalue weighted by Crippen LogP contribution is 2.34. The molecule has 1 aliphatic carbocycles. The lowest BCUT2D eigenvalue weighted by atomic mass is 10.0. The van der Waals surface area contributed by atoms with Gasteiger partial charge in [0.2, 0.25) is 0 Å². The van der Waals surface area contributed by atoms with Crippen molar-refractivity contribution >= 4 is 0 Å². The third-order valence-electron chi connectivity index (χ3n) is 3.46. The molecule has 2 rings (SSSR count). The van der Waals surface area contributed by atoms with Gasteiger partial charge < -0.3 is 0 Å². The van der Waals surface area contributed by atoms with Crippen molar-refractivity contribution < 1.29 is 0 Å². The molecule has 1 atom stereocenters. The molecule has 0 bridgehead atoms. The van der Waals surface area contributed by atoms with Gasteiger partial charge in [0.15, 0.2) is 0 Å². The van der Waals surface area contributed by atoms with Gasteiger partial charge in [-0.1, -0.05) is 42.7 Å². The predicted molar refractivity (Wildman–Crippen MR) is 68.0 cm³/mol. The Bertz CT molecular complexity index is 314. The quantitative estimate of drug-likeness (QED) is 0.569. The first-order valence-electron chi connectivity index (χ1n) is 6.29. The van der Waals surface area contributed by atoms with Gasteiger partial charge in [0.25, 0.3) is 0 Å². The zero-order valence-electron chi connectivity index (χ0n) is 10.1. The summed E-state index contributed by atoms with van der Waals surface area (Å²) >= 11 is 0. The zero-order valence-corrected chi connectivity index (χ0v) is 10.1. The minimum atomic E-state index is 0.434. The number of hydrogen-bond acceptors (Lipinski definition) is 2. The standard InChI is InChI=1S/C14H22N2/c1-11-2-4-13(5-3-11)10-14(16-15)9-8-12-6-7-12/h2-5,12,14,16H,6-10,15H2,1H3. The lowest BCUT2D eigenvalue weighted by Gasteiger charge is -2.15. The van der Waals surface area contributed by atoms with Crippen LogP contribution in [0, 0.1) is 12.8 Å². The van der Waals surface area contributed by atoms with Crippen molar-refractivity contribution in [2.45, 2.75) is 45.1 Å². The number of hydrogen-bond donors (Lipinski definition) is 2. The Morgan fingerprint density at radius 2 is 2.00 bits per heavy atom. The normalized spacial score (nSPS) is 17.4. The van der Waals surface area contributed by atoms with E-state index in [1.807, 2.05) is 0 Å². The molecule has 0 aliphatic heterocycles. The Kier molecular flexibility index (Phi) is 3.97. The topological polar surface area (TPSA) is 38.0 Å². The molecule has 16 heavy (non-hydrogen) atoms. The van der Waals surface area contributed by atoms with E-state index in [9.17, 15) is 0 Å². The smallest absolute Gasteiger partial charge is 0.0251 e. The predicted octanol–water partition coefficient (Wildman–Crippen LogP) is 2.56. The second kappa shape index (κ2) is 5.46. The molecule has 2 heteroatoms. The first kappa shape index (κ1) is 11.6. The molecule has 0 aromatic heterocycles. The molecule has 0 saturated heterocycles. The highest BCUT2D eigenvalue weighted by Gasteiger charge is 2.22. The van der Waals surface area contributed by atoms with E-state index in [1.54, 1.807) is 0 Å². The van der Waals surface area contributed by atoms with Crippen LogP contribution in [0.25, 0.3) is 0 Å². The van der Waals surface area contributed by atoms with Gasteiger partial charge in [-0.15, -0.1) is 0 Å². The number of nitrogens with two attached hydrogens (primary N) is 1. The van der Waals surface area contributed by atoms with Crippen molar-refractivity contribution in [1.82, 2.24) is 5.43 Å². The molecule has 2 nitrogen and oxygen atoms in total. The Balaban J connectivity index is 1.82. The Morgan fingerprint density at radius 1 is 1.31 bits per heavy atom. The second-order valence-corrected chi connectivity index (χ2v) is 5.07. The van der Waals surface area contributed by atoms with Crippen molar-refractivity contribution in [1.29, 1.82) is 0 Å². The SMILES string of the molecule is Cc1ccc(CC(CCC2CC2)NN)cc1. The molecule has 1 fully saturated rings. The number of hydrazine groups is 1. The molecule has 0 heterocycles. The molecule has 1 aliphatic rings. The van der Waals surface area contributed by atoms with Crippen LogP contribution in [0.2, 0.25) is 0 Å². The second-order valence-electron chi connectivity index (χ2n) is 5.07. The van der Waals surface area contributed by atoms with Gasteiger partial charge in [0.05, 0.1) is 0 Å². The Morgan fingerprint density at radius 3 is 2.56 bits per heavy atom. The minimum Gasteiger partial charge on any atom is -0.271 e. The summed E-state index contributed by atoms with van der Waals surface area (Å²) in [6.07, 6.45) is 6.45. The summed E-state index contributed by atoms with van der Waals surface area (Å²) in [5.41, 5.74) is 5.65. The highest BCUT2D eigenvalue weighted by atomic mass is 15.2. The molecular weight excluding hydrogens is 196 g/mol. The summed E-state index contributed by atoms with van der Waals surface area (Å²) in [7, 11) is 0. The number of aryl methyl sites for hydroxylation is 1. The van der Waals surface area contributed by atoms with E-state index in [4.69, 9.17) is 5.84 Å². The molecule has 1 unspecified atom stereocenters. The van der Waals surface area contributed by atoms with E-state index in [2.05, 4.69) is 36.6 Å². The van der Waals surface area contributed by atoms with Gasteiger partial charge in [-0.25, -0.2) is 0 Å². The van der Waals surface area contributed by atoms with E-state index >= 15 is 0 Å². The van der Waals surface area contributed by atoms with Crippen LogP contribution in [0.1, 0.15) is 36.8 Å². The molecule has 1 aromatic carbocycles. The first-order valence-corrected chi connectivity index (χ1v) is 6.29. The van der Waals surface area contributed by atoms with Crippen molar-refractivity contribution in [3.63, 3.8) is 0 Å². The molecule has 1 saturated carbocycles. The molecule has 0 amide bonds. The maximum absolute atomic E-state index is 5.61. The number of nitrogens with one attached hydrogen (secondary N) is 1. The summed E-state index contributed by atoms with van der Waals surface area (Å²) in [6.45, 7) is 2.12. The van der Waals surface area contributed by atoms with Gasteiger partial charge in [-0.2, -0.15) is 0 Å². The van der Waals surface area contributed by atoms with Crippen LogP contribution in [0.4, 0.5) is 0 Å². The molecule has 0 radical (unpaired) electrons. The van der Waals surface area contributed by atoms with E-state index in [1.165, 1.54) is 36.8 Å². The first-order chi connectivity index (χ1) is 7.78. The summed E-state index contributed by atoms with van der Waals surface area (Å²) < 4.78 is 0.